The molecule has 0 aliphatic rings. The van der Waals surface area contributed by atoms with Crippen LogP contribution in [-0.4, -0.2) is 54.0 Å². The molecule has 0 fully saturated rings. The maximum atomic E-state index is 13.4. The molecule has 0 rings (SSSR count). The fraction of sp³-hybridized carbons (Fsp3) is 0.769. The van der Waals surface area contributed by atoms with Crippen LogP contribution in [0.25, 0.3) is 0 Å². The molecule has 0 amide bonds. The Morgan fingerprint density at radius 3 is 1.42 bits per heavy atom. The Bertz CT molecular complexity index is 692. The number of rotatable bonds is 9. The van der Waals surface area contributed by atoms with Crippen LogP contribution in [0.2, 0.25) is 0 Å². The number of carbonyl (C=O) groups is 1. The van der Waals surface area contributed by atoms with Crippen molar-refractivity contribution in [1.82, 2.24) is 0 Å². The third kappa shape index (κ3) is 4.80. The summed E-state index contributed by atoms with van der Waals surface area (Å²) >= 11 is 0. The zero-order chi connectivity index (χ0) is 25.6. The fourth-order valence-electron chi connectivity index (χ4n) is 1.58. The summed E-state index contributed by atoms with van der Waals surface area (Å²) in [4.78, 5) is 10.8. The Labute approximate surface area is 160 Å². The third-order valence-electron chi connectivity index (χ3n) is 3.34. The van der Waals surface area contributed by atoms with Crippen molar-refractivity contribution < 1.29 is 79.8 Å². The van der Waals surface area contributed by atoms with E-state index in [1.54, 1.807) is 0 Å². The number of ether oxygens (including phenoxy) is 1. The normalized spacial score (nSPS) is 16.2. The lowest BCUT2D eigenvalue weighted by Crippen LogP contribution is -2.72. The lowest BCUT2D eigenvalue weighted by atomic mass is 9.91. The van der Waals surface area contributed by atoms with Crippen LogP contribution in [0.15, 0.2) is 12.2 Å². The minimum absolute atomic E-state index is 0.444. The van der Waals surface area contributed by atoms with Gasteiger partial charge in [0.25, 0.3) is 0 Å². The lowest BCUT2D eigenvalue weighted by Gasteiger charge is -2.41. The van der Waals surface area contributed by atoms with Crippen LogP contribution in [0.5, 0.6) is 0 Å². The molecule has 0 spiro atoms. The van der Waals surface area contributed by atoms with Gasteiger partial charge in [-0.1, -0.05) is 6.58 Å². The van der Waals surface area contributed by atoms with Gasteiger partial charge in [0.2, 0.25) is 0 Å². The highest BCUT2D eigenvalue weighted by atomic mass is 19.4. The van der Waals surface area contributed by atoms with Gasteiger partial charge in [0.15, 0.2) is 6.17 Å². The maximum absolute atomic E-state index is 13.4. The quantitative estimate of drug-likeness (QED) is 0.215. The van der Waals surface area contributed by atoms with Gasteiger partial charge in [0.05, 0.1) is 6.42 Å². The molecule has 18 heteroatoms. The average molecular weight is 500 g/mol. The first-order valence-corrected chi connectivity index (χ1v) is 7.07. The highest BCUT2D eigenvalue weighted by molar-refractivity contribution is 5.87. The molecule has 0 bridgehead atoms. The summed E-state index contributed by atoms with van der Waals surface area (Å²) in [7, 11) is 0. The summed E-state index contributed by atoms with van der Waals surface area (Å²) in [6.45, 7) is 2.96. The summed E-state index contributed by atoms with van der Waals surface area (Å²) in [5.41, 5.74) is -1.23. The van der Waals surface area contributed by atoms with Crippen molar-refractivity contribution in [1.29, 1.82) is 0 Å². The van der Waals surface area contributed by atoms with Crippen molar-refractivity contribution in [3.05, 3.63) is 12.2 Å². The first kappa shape index (κ1) is 29.1. The number of carbonyl (C=O) groups excluding carboxylic acids is 1. The maximum Gasteiger partial charge on any atom is 0.473 e. The van der Waals surface area contributed by atoms with Crippen molar-refractivity contribution in [2.45, 2.75) is 61.4 Å². The molecule has 31 heavy (non-hydrogen) atoms. The summed E-state index contributed by atoms with van der Waals surface area (Å²) < 4.78 is 211. The highest BCUT2D eigenvalue weighted by Crippen LogP contribution is 2.61. The Morgan fingerprint density at radius 2 is 1.10 bits per heavy atom. The lowest BCUT2D eigenvalue weighted by molar-refractivity contribution is -0.453. The van der Waals surface area contributed by atoms with Gasteiger partial charge in [-0.2, -0.15) is 65.9 Å². The molecule has 0 saturated carbocycles. The number of hydrogen-bond acceptors (Lipinski definition) is 2. The Balaban J connectivity index is 6.42. The van der Waals surface area contributed by atoms with Gasteiger partial charge in [-0.25, -0.2) is 9.18 Å². The van der Waals surface area contributed by atoms with Gasteiger partial charge < -0.3 is 4.74 Å². The average Bonchev–Trinajstić information content (AvgIpc) is 2.51. The van der Waals surface area contributed by atoms with E-state index in [1.165, 1.54) is 0 Å². The Kier molecular flexibility index (Phi) is 7.41. The van der Waals surface area contributed by atoms with Crippen LogP contribution < -0.4 is 0 Å². The first-order valence-electron chi connectivity index (χ1n) is 7.07. The van der Waals surface area contributed by atoms with Gasteiger partial charge in [0, 0.05) is 5.57 Å². The third-order valence-corrected chi connectivity index (χ3v) is 3.34. The van der Waals surface area contributed by atoms with E-state index in [1.807, 2.05) is 0 Å². The molecule has 0 aliphatic heterocycles. The van der Waals surface area contributed by atoms with Gasteiger partial charge in [0.1, 0.15) is 0 Å². The van der Waals surface area contributed by atoms with Crippen LogP contribution in [-0.2, 0) is 9.53 Å². The standard InChI is InChI=1S/C13H8F16O2/c1-4(2)6(30)31-13(28,29)12(26,27)11(24,25)10(22,23)9(20,21)8(18,19)5(14)3-7(15,16)17/h5H,1,3H2,2H3. The van der Waals surface area contributed by atoms with E-state index < -0.39 is 66.0 Å². The predicted molar refractivity (Wildman–Crippen MR) is 66.2 cm³/mol. The summed E-state index contributed by atoms with van der Waals surface area (Å²) in [5, 5.41) is 0. The molecule has 0 aliphatic carbocycles. The molecule has 0 aromatic carbocycles. The zero-order valence-electron chi connectivity index (χ0n) is 14.4. The van der Waals surface area contributed by atoms with Crippen molar-refractivity contribution in [2.24, 2.45) is 0 Å². The van der Waals surface area contributed by atoms with Gasteiger partial charge in [-0.3, -0.25) is 0 Å². The molecule has 0 aromatic heterocycles. The molecular formula is C13H8F16O2. The second-order valence-corrected chi connectivity index (χ2v) is 5.89. The van der Waals surface area contributed by atoms with E-state index >= 15 is 0 Å². The van der Waals surface area contributed by atoms with E-state index in [2.05, 4.69) is 11.3 Å². The largest absolute Gasteiger partial charge is 0.473 e. The molecule has 0 N–H and O–H groups in total. The minimum atomic E-state index is -8.32. The summed E-state index contributed by atoms with van der Waals surface area (Å²) in [6.07, 6.45) is -22.2. The Hall–Kier alpha value is -1.91. The van der Waals surface area contributed by atoms with Crippen LogP contribution in [0.4, 0.5) is 70.2 Å². The zero-order valence-corrected chi connectivity index (χ0v) is 14.4. The molecule has 0 saturated heterocycles. The van der Waals surface area contributed by atoms with Gasteiger partial charge in [-0.05, 0) is 6.92 Å². The first-order chi connectivity index (χ1) is 13.2. The number of esters is 1. The molecule has 1 unspecified atom stereocenters. The number of alkyl halides is 16. The number of hydrogen-bond donors (Lipinski definition) is 0. The molecule has 0 heterocycles. The second-order valence-electron chi connectivity index (χ2n) is 5.89. The van der Waals surface area contributed by atoms with Crippen molar-refractivity contribution in [2.75, 3.05) is 0 Å². The van der Waals surface area contributed by atoms with Crippen molar-refractivity contribution in [3.63, 3.8) is 0 Å². The molecule has 184 valence electrons. The van der Waals surface area contributed by atoms with Crippen molar-refractivity contribution in [3.8, 4) is 0 Å². The van der Waals surface area contributed by atoms with E-state index in [0.29, 0.717) is 6.92 Å². The summed E-state index contributed by atoms with van der Waals surface area (Å²) in [6, 6.07) is 0. The smallest absolute Gasteiger partial charge is 0.393 e. The van der Waals surface area contributed by atoms with Gasteiger partial charge in [-0.15, -0.1) is 0 Å². The van der Waals surface area contributed by atoms with Gasteiger partial charge >= 0.3 is 47.9 Å². The van der Waals surface area contributed by atoms with Crippen LogP contribution in [0.3, 0.4) is 0 Å². The molecule has 1 atom stereocenters. The number of halogens is 16. The second kappa shape index (κ2) is 7.90. The van der Waals surface area contributed by atoms with Crippen molar-refractivity contribution >= 4 is 5.97 Å². The molecule has 0 aromatic rings. The van der Waals surface area contributed by atoms with E-state index in [-0.39, 0.29) is 0 Å². The topological polar surface area (TPSA) is 26.3 Å². The Morgan fingerprint density at radius 1 is 0.742 bits per heavy atom. The SMILES string of the molecule is C=C(C)C(=O)OC(F)(F)C(F)(F)C(F)(F)C(F)(F)C(F)(F)C(F)(F)C(F)CC(F)(F)F. The minimum Gasteiger partial charge on any atom is -0.393 e. The molecule has 0 radical (unpaired) electrons. The van der Waals surface area contributed by atoms with E-state index in [4.69, 9.17) is 0 Å². The van der Waals surface area contributed by atoms with E-state index in [9.17, 15) is 75.0 Å². The fourth-order valence-corrected chi connectivity index (χ4v) is 1.58. The predicted octanol–water partition coefficient (Wildman–Crippen LogP) is 6.17. The van der Waals surface area contributed by atoms with E-state index in [0.717, 1.165) is 0 Å². The highest BCUT2D eigenvalue weighted by Gasteiger charge is 2.92. The monoisotopic (exact) mass is 500 g/mol. The van der Waals surface area contributed by atoms with Crippen LogP contribution in [0, 0.1) is 0 Å². The summed E-state index contributed by atoms with van der Waals surface area (Å²) in [5.74, 6) is -42.6. The molecular weight excluding hydrogens is 492 g/mol. The van der Waals surface area contributed by atoms with Crippen LogP contribution >= 0.6 is 0 Å². The van der Waals surface area contributed by atoms with Crippen LogP contribution in [0.1, 0.15) is 13.3 Å². The molecule has 2 nitrogen and oxygen atoms in total.